The molecule has 2 aliphatic rings. The Kier molecular flexibility index (Phi) is 4.10. The standard InChI is InChI=1S/C16H28/c1-4-12(2)5-6-13(3)9-16-11-14-7-8-15(16)10-14/h12-14H,4-11H2,1-3H3. The van der Waals surface area contributed by atoms with E-state index in [0.717, 1.165) is 17.8 Å². The lowest BCUT2D eigenvalue weighted by Crippen LogP contribution is -2.03. The van der Waals surface area contributed by atoms with E-state index in [9.17, 15) is 0 Å². The van der Waals surface area contributed by atoms with Crippen LogP contribution in [0.15, 0.2) is 11.1 Å². The first-order chi connectivity index (χ1) is 7.69. The molecule has 2 rings (SSSR count). The van der Waals surface area contributed by atoms with Crippen LogP contribution in [0.5, 0.6) is 0 Å². The van der Waals surface area contributed by atoms with E-state index in [-0.39, 0.29) is 0 Å². The minimum absolute atomic E-state index is 0.927. The summed E-state index contributed by atoms with van der Waals surface area (Å²) in [4.78, 5) is 0. The van der Waals surface area contributed by atoms with Gasteiger partial charge in [0, 0.05) is 0 Å². The zero-order valence-electron chi connectivity index (χ0n) is 11.4. The molecule has 0 heteroatoms. The third kappa shape index (κ3) is 2.90. The van der Waals surface area contributed by atoms with Gasteiger partial charge >= 0.3 is 0 Å². The van der Waals surface area contributed by atoms with Crippen molar-refractivity contribution in [1.82, 2.24) is 0 Å². The quantitative estimate of drug-likeness (QED) is 0.530. The van der Waals surface area contributed by atoms with Crippen molar-refractivity contribution in [3.63, 3.8) is 0 Å². The molecule has 0 heterocycles. The number of allylic oxidation sites excluding steroid dienone is 2. The second-order valence-electron chi connectivity index (χ2n) is 6.42. The summed E-state index contributed by atoms with van der Waals surface area (Å²) in [6.45, 7) is 7.17. The van der Waals surface area contributed by atoms with E-state index < -0.39 is 0 Å². The fraction of sp³-hybridized carbons (Fsp3) is 0.875. The maximum atomic E-state index is 2.46. The monoisotopic (exact) mass is 220 g/mol. The molecule has 0 aromatic carbocycles. The lowest BCUT2D eigenvalue weighted by molar-refractivity contribution is 0.413. The number of rotatable bonds is 6. The first-order valence-electron chi connectivity index (χ1n) is 7.38. The Balaban J connectivity index is 1.73. The highest BCUT2D eigenvalue weighted by molar-refractivity contribution is 5.25. The van der Waals surface area contributed by atoms with Gasteiger partial charge in [0.15, 0.2) is 0 Å². The summed E-state index contributed by atoms with van der Waals surface area (Å²) in [5.74, 6) is 2.92. The molecule has 1 fully saturated rings. The lowest BCUT2D eigenvalue weighted by atomic mass is 9.88. The first kappa shape index (κ1) is 12.2. The van der Waals surface area contributed by atoms with Crippen molar-refractivity contribution < 1.29 is 0 Å². The predicted octanol–water partition coefficient (Wildman–Crippen LogP) is 5.34. The molecule has 0 amide bonds. The first-order valence-corrected chi connectivity index (χ1v) is 7.38. The van der Waals surface area contributed by atoms with Crippen molar-refractivity contribution in [3.05, 3.63) is 11.1 Å². The molecule has 0 nitrogen and oxygen atoms in total. The molecule has 0 N–H and O–H groups in total. The van der Waals surface area contributed by atoms with Crippen molar-refractivity contribution in [2.45, 2.75) is 72.1 Å². The maximum absolute atomic E-state index is 2.46. The molecule has 3 atom stereocenters. The fourth-order valence-electron chi connectivity index (χ4n) is 3.44. The molecule has 1 saturated carbocycles. The molecule has 2 aliphatic carbocycles. The van der Waals surface area contributed by atoms with Crippen LogP contribution in [0.4, 0.5) is 0 Å². The smallest absolute Gasteiger partial charge is 0.0286 e. The van der Waals surface area contributed by atoms with Crippen LogP contribution in [0.25, 0.3) is 0 Å². The van der Waals surface area contributed by atoms with Crippen molar-refractivity contribution in [1.29, 1.82) is 0 Å². The Hall–Kier alpha value is -0.260. The van der Waals surface area contributed by atoms with Crippen LogP contribution >= 0.6 is 0 Å². The van der Waals surface area contributed by atoms with Gasteiger partial charge < -0.3 is 0 Å². The van der Waals surface area contributed by atoms with Gasteiger partial charge in [-0.2, -0.15) is 0 Å². The van der Waals surface area contributed by atoms with Gasteiger partial charge in [0.25, 0.3) is 0 Å². The summed E-state index contributed by atoms with van der Waals surface area (Å²) < 4.78 is 0. The molecular formula is C16H28. The lowest BCUT2D eigenvalue weighted by Gasteiger charge is -2.18. The van der Waals surface area contributed by atoms with Gasteiger partial charge in [-0.3, -0.25) is 0 Å². The Morgan fingerprint density at radius 1 is 1.12 bits per heavy atom. The Labute approximate surface area is 102 Å². The van der Waals surface area contributed by atoms with Gasteiger partial charge in [-0.25, -0.2) is 0 Å². The number of fused-ring (bicyclic) bond motifs is 2. The Bertz CT molecular complexity index is 261. The molecule has 0 saturated heterocycles. The summed E-state index contributed by atoms with van der Waals surface area (Å²) in [5, 5.41) is 0. The van der Waals surface area contributed by atoms with E-state index >= 15 is 0 Å². The van der Waals surface area contributed by atoms with Crippen molar-refractivity contribution in [2.75, 3.05) is 0 Å². The average molecular weight is 220 g/mol. The number of hydrogen-bond acceptors (Lipinski definition) is 0. The van der Waals surface area contributed by atoms with Gasteiger partial charge in [-0.05, 0) is 49.9 Å². The second-order valence-corrected chi connectivity index (χ2v) is 6.42. The highest BCUT2D eigenvalue weighted by Gasteiger charge is 2.30. The van der Waals surface area contributed by atoms with Crippen molar-refractivity contribution in [2.24, 2.45) is 17.8 Å². The van der Waals surface area contributed by atoms with Crippen molar-refractivity contribution >= 4 is 0 Å². The van der Waals surface area contributed by atoms with Crippen LogP contribution in [0.1, 0.15) is 72.1 Å². The van der Waals surface area contributed by atoms with E-state index in [1.54, 1.807) is 0 Å². The zero-order valence-corrected chi connectivity index (χ0v) is 11.4. The second kappa shape index (κ2) is 5.38. The van der Waals surface area contributed by atoms with Gasteiger partial charge in [0.05, 0.1) is 0 Å². The van der Waals surface area contributed by atoms with E-state index in [4.69, 9.17) is 0 Å². The fourth-order valence-corrected chi connectivity index (χ4v) is 3.44. The third-order valence-electron chi connectivity index (χ3n) is 4.87. The van der Waals surface area contributed by atoms with Gasteiger partial charge in [0.1, 0.15) is 0 Å². The minimum atomic E-state index is 0.927. The molecule has 0 radical (unpaired) electrons. The van der Waals surface area contributed by atoms with Crippen LogP contribution in [-0.4, -0.2) is 0 Å². The summed E-state index contributed by atoms with van der Waals surface area (Å²) in [7, 11) is 0. The van der Waals surface area contributed by atoms with Crippen LogP contribution in [0, 0.1) is 17.8 Å². The molecule has 0 spiro atoms. The Morgan fingerprint density at radius 3 is 2.44 bits per heavy atom. The predicted molar refractivity (Wildman–Crippen MR) is 71.5 cm³/mol. The molecule has 92 valence electrons. The molecule has 16 heavy (non-hydrogen) atoms. The zero-order chi connectivity index (χ0) is 11.5. The van der Waals surface area contributed by atoms with E-state index in [1.807, 2.05) is 11.1 Å². The molecule has 0 aromatic rings. The summed E-state index contributed by atoms with van der Waals surface area (Å²) in [6.07, 6.45) is 11.5. The molecular weight excluding hydrogens is 192 g/mol. The summed E-state index contributed by atoms with van der Waals surface area (Å²) in [5.41, 5.74) is 3.73. The topological polar surface area (TPSA) is 0 Å². The Morgan fingerprint density at radius 2 is 1.88 bits per heavy atom. The highest BCUT2D eigenvalue weighted by atomic mass is 14.4. The van der Waals surface area contributed by atoms with Gasteiger partial charge in [-0.15, -0.1) is 0 Å². The third-order valence-corrected chi connectivity index (χ3v) is 4.87. The van der Waals surface area contributed by atoms with Crippen molar-refractivity contribution in [3.8, 4) is 0 Å². The van der Waals surface area contributed by atoms with E-state index in [0.29, 0.717) is 0 Å². The summed E-state index contributed by atoms with van der Waals surface area (Å²) >= 11 is 0. The van der Waals surface area contributed by atoms with Gasteiger partial charge in [-0.1, -0.05) is 51.2 Å². The van der Waals surface area contributed by atoms with Crippen LogP contribution in [0.2, 0.25) is 0 Å². The minimum Gasteiger partial charge on any atom is -0.0707 e. The largest absolute Gasteiger partial charge is 0.0707 e. The molecule has 0 aromatic heterocycles. The van der Waals surface area contributed by atoms with Crippen LogP contribution in [-0.2, 0) is 0 Å². The maximum Gasteiger partial charge on any atom is -0.0286 e. The van der Waals surface area contributed by atoms with Gasteiger partial charge in [0.2, 0.25) is 0 Å². The molecule has 3 unspecified atom stereocenters. The molecule has 0 aliphatic heterocycles. The highest BCUT2D eigenvalue weighted by Crippen LogP contribution is 2.46. The van der Waals surface area contributed by atoms with Crippen LogP contribution in [0.3, 0.4) is 0 Å². The normalized spacial score (nSPS) is 27.6. The molecule has 2 bridgehead atoms. The average Bonchev–Trinajstić information content (AvgIpc) is 2.87. The number of hydrogen-bond donors (Lipinski definition) is 0. The van der Waals surface area contributed by atoms with Crippen LogP contribution < -0.4 is 0 Å². The SMILES string of the molecule is CCC(C)CCC(C)CC1=C2CCC(C2)C1. The van der Waals surface area contributed by atoms with E-state index in [1.165, 1.54) is 51.4 Å². The summed E-state index contributed by atoms with van der Waals surface area (Å²) in [6, 6.07) is 0. The van der Waals surface area contributed by atoms with E-state index in [2.05, 4.69) is 20.8 Å².